The van der Waals surface area contributed by atoms with Crippen LogP contribution in [-0.4, -0.2) is 22.8 Å². The van der Waals surface area contributed by atoms with Crippen LogP contribution in [0.4, 0.5) is 5.69 Å². The topological polar surface area (TPSA) is 129 Å². The summed E-state index contributed by atoms with van der Waals surface area (Å²) in [7, 11) is 0. The SMILES string of the molecule is O=C(O)c1cc2c(c(-c3cc(=O)c4cc([N+](=O)[O-])ccc4o3)c1)OCOC2. The summed E-state index contributed by atoms with van der Waals surface area (Å²) < 4.78 is 16.4. The maximum Gasteiger partial charge on any atom is 0.335 e. The van der Waals surface area contributed by atoms with Crippen molar-refractivity contribution in [2.75, 3.05) is 6.79 Å². The zero-order chi connectivity index (χ0) is 19.1. The van der Waals surface area contributed by atoms with Gasteiger partial charge in [-0.25, -0.2) is 4.79 Å². The molecule has 0 fully saturated rings. The van der Waals surface area contributed by atoms with Crippen LogP contribution >= 0.6 is 0 Å². The number of fused-ring (bicyclic) bond motifs is 2. The molecule has 0 saturated carbocycles. The molecule has 1 aliphatic heterocycles. The van der Waals surface area contributed by atoms with Crippen LogP contribution in [0, 0.1) is 10.1 Å². The van der Waals surface area contributed by atoms with Crippen molar-refractivity contribution in [3.05, 3.63) is 67.9 Å². The second-order valence-corrected chi connectivity index (χ2v) is 5.84. The van der Waals surface area contributed by atoms with Crippen molar-refractivity contribution < 1.29 is 28.7 Å². The Bertz CT molecular complexity index is 1160. The van der Waals surface area contributed by atoms with Gasteiger partial charge in [-0.3, -0.25) is 14.9 Å². The number of ether oxygens (including phenoxy) is 2. The summed E-state index contributed by atoms with van der Waals surface area (Å²) in [5.74, 6) is -0.679. The predicted octanol–water partition coefficient (Wildman–Crippen LogP) is 2.93. The Hall–Kier alpha value is -3.72. The molecule has 3 aromatic rings. The van der Waals surface area contributed by atoms with Gasteiger partial charge in [0.1, 0.15) is 17.1 Å². The number of nitro groups is 1. The van der Waals surface area contributed by atoms with E-state index in [0.717, 1.165) is 12.1 Å². The van der Waals surface area contributed by atoms with Crippen molar-refractivity contribution in [1.29, 1.82) is 0 Å². The summed E-state index contributed by atoms with van der Waals surface area (Å²) in [6.07, 6.45) is 0. The fourth-order valence-corrected chi connectivity index (χ4v) is 2.92. The molecule has 0 saturated heterocycles. The third-order valence-electron chi connectivity index (χ3n) is 4.14. The van der Waals surface area contributed by atoms with E-state index >= 15 is 0 Å². The fraction of sp³-hybridized carbons (Fsp3) is 0.111. The minimum absolute atomic E-state index is 0.00991. The molecule has 1 aliphatic rings. The lowest BCUT2D eigenvalue weighted by molar-refractivity contribution is -0.384. The van der Waals surface area contributed by atoms with E-state index in [1.807, 2.05) is 0 Å². The minimum atomic E-state index is -1.15. The van der Waals surface area contributed by atoms with E-state index in [1.165, 1.54) is 24.3 Å². The summed E-state index contributed by atoms with van der Waals surface area (Å²) in [5.41, 5.74) is 0.229. The number of carbonyl (C=O) groups is 1. The van der Waals surface area contributed by atoms with Crippen LogP contribution < -0.4 is 10.2 Å². The number of nitro benzene ring substituents is 1. The van der Waals surface area contributed by atoms with Gasteiger partial charge in [0.15, 0.2) is 12.2 Å². The highest BCUT2D eigenvalue weighted by Gasteiger charge is 2.22. The van der Waals surface area contributed by atoms with Crippen molar-refractivity contribution >= 4 is 22.6 Å². The number of carboxylic acid groups (broad SMARTS) is 1. The third kappa shape index (κ3) is 2.89. The van der Waals surface area contributed by atoms with Crippen molar-refractivity contribution in [3.63, 3.8) is 0 Å². The van der Waals surface area contributed by atoms with Gasteiger partial charge in [0, 0.05) is 23.8 Å². The predicted molar refractivity (Wildman–Crippen MR) is 91.8 cm³/mol. The fourth-order valence-electron chi connectivity index (χ4n) is 2.92. The van der Waals surface area contributed by atoms with Gasteiger partial charge in [-0.05, 0) is 18.2 Å². The van der Waals surface area contributed by atoms with Crippen LogP contribution in [0.25, 0.3) is 22.3 Å². The zero-order valence-electron chi connectivity index (χ0n) is 13.6. The lowest BCUT2D eigenvalue weighted by Crippen LogP contribution is -2.14. The van der Waals surface area contributed by atoms with Crippen molar-refractivity contribution in [2.24, 2.45) is 0 Å². The molecule has 0 radical (unpaired) electrons. The Morgan fingerprint density at radius 2 is 2.00 bits per heavy atom. The molecule has 0 aliphatic carbocycles. The molecule has 0 atom stereocenters. The van der Waals surface area contributed by atoms with Crippen molar-refractivity contribution in [1.82, 2.24) is 0 Å². The molecule has 27 heavy (non-hydrogen) atoms. The highest BCUT2D eigenvalue weighted by Crippen LogP contribution is 2.37. The number of hydrogen-bond acceptors (Lipinski definition) is 7. The molecule has 2 aromatic carbocycles. The first-order valence-corrected chi connectivity index (χ1v) is 7.77. The average Bonchev–Trinajstić information content (AvgIpc) is 2.66. The smallest absolute Gasteiger partial charge is 0.335 e. The molecule has 2 heterocycles. The van der Waals surface area contributed by atoms with Gasteiger partial charge in [-0.15, -0.1) is 0 Å². The Kier molecular flexibility index (Phi) is 3.85. The van der Waals surface area contributed by atoms with E-state index in [9.17, 15) is 24.8 Å². The van der Waals surface area contributed by atoms with Gasteiger partial charge < -0.3 is 19.0 Å². The molecule has 9 nitrogen and oxygen atoms in total. The number of aromatic carboxylic acids is 1. The number of non-ortho nitro benzene ring substituents is 1. The number of nitrogens with zero attached hydrogens (tertiary/aromatic N) is 1. The Morgan fingerprint density at radius 1 is 1.19 bits per heavy atom. The maximum atomic E-state index is 12.5. The summed E-state index contributed by atoms with van der Waals surface area (Å²) in [6.45, 7) is 0.143. The molecule has 4 rings (SSSR count). The van der Waals surface area contributed by atoms with E-state index in [0.29, 0.717) is 16.9 Å². The highest BCUT2D eigenvalue weighted by molar-refractivity contribution is 5.91. The minimum Gasteiger partial charge on any atom is -0.478 e. The number of hydrogen-bond donors (Lipinski definition) is 1. The van der Waals surface area contributed by atoms with Crippen LogP contribution in [0.2, 0.25) is 0 Å². The monoisotopic (exact) mass is 369 g/mol. The van der Waals surface area contributed by atoms with Crippen LogP contribution in [0.15, 0.2) is 45.6 Å². The largest absolute Gasteiger partial charge is 0.478 e. The standard InChI is InChI=1S/C18H11NO8/c20-14-6-16(27-15-2-1-11(19(23)24)5-12(14)15)13-4-9(18(21)22)3-10-7-25-8-26-17(10)13/h1-6H,7-8H2,(H,21,22). The lowest BCUT2D eigenvalue weighted by atomic mass is 10.0. The molecule has 0 bridgehead atoms. The first-order valence-electron chi connectivity index (χ1n) is 7.77. The molecule has 136 valence electrons. The summed E-state index contributed by atoms with van der Waals surface area (Å²) in [5, 5.41) is 20.3. The number of carboxylic acids is 1. The second kappa shape index (κ2) is 6.22. The maximum absolute atomic E-state index is 12.5. The summed E-state index contributed by atoms with van der Waals surface area (Å²) in [6, 6.07) is 7.63. The van der Waals surface area contributed by atoms with Crippen LogP contribution in [0.5, 0.6) is 5.75 Å². The quantitative estimate of drug-likeness (QED) is 0.551. The molecule has 9 heteroatoms. The molecule has 0 unspecified atom stereocenters. The molecule has 1 aromatic heterocycles. The normalized spacial score (nSPS) is 13.0. The third-order valence-corrected chi connectivity index (χ3v) is 4.14. The average molecular weight is 369 g/mol. The van der Waals surface area contributed by atoms with Gasteiger partial charge in [0.25, 0.3) is 5.69 Å². The summed E-state index contributed by atoms with van der Waals surface area (Å²) in [4.78, 5) is 34.2. The van der Waals surface area contributed by atoms with Crippen LogP contribution in [-0.2, 0) is 11.3 Å². The first kappa shape index (κ1) is 16.7. The Morgan fingerprint density at radius 3 is 2.74 bits per heavy atom. The molecular weight excluding hydrogens is 358 g/mol. The van der Waals surface area contributed by atoms with E-state index in [-0.39, 0.29) is 41.4 Å². The number of rotatable bonds is 3. The Balaban J connectivity index is 1.96. The highest BCUT2D eigenvalue weighted by atomic mass is 16.7. The van der Waals surface area contributed by atoms with E-state index in [4.69, 9.17) is 13.9 Å². The van der Waals surface area contributed by atoms with Gasteiger partial charge in [-0.1, -0.05) is 0 Å². The van der Waals surface area contributed by atoms with Gasteiger partial charge in [-0.2, -0.15) is 0 Å². The Labute approximate surface area is 150 Å². The molecule has 0 amide bonds. The van der Waals surface area contributed by atoms with Crippen molar-refractivity contribution in [2.45, 2.75) is 6.61 Å². The van der Waals surface area contributed by atoms with E-state index in [2.05, 4.69) is 0 Å². The molecule has 0 spiro atoms. The number of benzene rings is 2. The zero-order valence-corrected chi connectivity index (χ0v) is 13.6. The van der Waals surface area contributed by atoms with E-state index in [1.54, 1.807) is 0 Å². The van der Waals surface area contributed by atoms with Crippen LogP contribution in [0.3, 0.4) is 0 Å². The van der Waals surface area contributed by atoms with Crippen molar-refractivity contribution in [3.8, 4) is 17.1 Å². The van der Waals surface area contributed by atoms with Crippen LogP contribution in [0.1, 0.15) is 15.9 Å². The first-order chi connectivity index (χ1) is 12.9. The van der Waals surface area contributed by atoms with Gasteiger partial charge >= 0.3 is 5.97 Å². The summed E-state index contributed by atoms with van der Waals surface area (Å²) >= 11 is 0. The van der Waals surface area contributed by atoms with Gasteiger partial charge in [0.2, 0.25) is 0 Å². The van der Waals surface area contributed by atoms with Gasteiger partial charge in [0.05, 0.1) is 28.0 Å². The lowest BCUT2D eigenvalue weighted by Gasteiger charge is -2.21. The second-order valence-electron chi connectivity index (χ2n) is 5.84. The molecular formula is C18H11NO8. The van der Waals surface area contributed by atoms with E-state index < -0.39 is 16.3 Å². The molecule has 1 N–H and O–H groups in total.